The van der Waals surface area contributed by atoms with Gasteiger partial charge in [0, 0.05) is 36.0 Å². The third-order valence-electron chi connectivity index (χ3n) is 4.48. The molecule has 2 aliphatic rings. The van der Waals surface area contributed by atoms with Gasteiger partial charge in [-0.3, -0.25) is 0 Å². The SMILES string of the molecule is Cc1csc(-c2nc(NC3CCC(F)(F)CC3)cc(OC3COC3)n2)n1. The molecule has 1 saturated heterocycles. The van der Waals surface area contributed by atoms with Crippen molar-refractivity contribution in [2.24, 2.45) is 0 Å². The van der Waals surface area contributed by atoms with Crippen molar-refractivity contribution in [3.8, 4) is 16.7 Å². The summed E-state index contributed by atoms with van der Waals surface area (Å²) in [5.41, 5.74) is 0.899. The maximum absolute atomic E-state index is 13.4. The maximum atomic E-state index is 13.4. The van der Waals surface area contributed by atoms with Crippen LogP contribution in [0.25, 0.3) is 10.8 Å². The second-order valence-corrected chi connectivity index (χ2v) is 7.62. The van der Waals surface area contributed by atoms with Crippen molar-refractivity contribution in [2.45, 2.75) is 50.7 Å². The van der Waals surface area contributed by atoms with Crippen LogP contribution in [0.2, 0.25) is 0 Å². The van der Waals surface area contributed by atoms with E-state index >= 15 is 0 Å². The predicted octanol–water partition coefficient (Wildman–Crippen LogP) is 3.68. The highest BCUT2D eigenvalue weighted by Gasteiger charge is 2.35. The lowest BCUT2D eigenvalue weighted by Crippen LogP contribution is -2.38. The van der Waals surface area contributed by atoms with Crippen molar-refractivity contribution in [2.75, 3.05) is 18.5 Å². The van der Waals surface area contributed by atoms with E-state index in [0.717, 1.165) is 5.69 Å². The zero-order chi connectivity index (χ0) is 18.1. The summed E-state index contributed by atoms with van der Waals surface area (Å²) >= 11 is 1.46. The molecule has 0 unspecified atom stereocenters. The Balaban J connectivity index is 1.55. The van der Waals surface area contributed by atoms with E-state index in [4.69, 9.17) is 9.47 Å². The first-order valence-corrected chi connectivity index (χ1v) is 9.55. The fourth-order valence-electron chi connectivity index (χ4n) is 2.96. The summed E-state index contributed by atoms with van der Waals surface area (Å²) in [4.78, 5) is 13.4. The number of halogens is 2. The third kappa shape index (κ3) is 4.09. The first-order chi connectivity index (χ1) is 12.5. The fourth-order valence-corrected chi connectivity index (χ4v) is 3.69. The molecule has 140 valence electrons. The molecular weight excluding hydrogens is 362 g/mol. The van der Waals surface area contributed by atoms with Crippen LogP contribution in [0.3, 0.4) is 0 Å². The van der Waals surface area contributed by atoms with Gasteiger partial charge in [-0.1, -0.05) is 0 Å². The summed E-state index contributed by atoms with van der Waals surface area (Å²) in [5.74, 6) is -1.05. The number of nitrogens with zero attached hydrogens (tertiary/aromatic N) is 3. The van der Waals surface area contributed by atoms with Crippen molar-refractivity contribution in [1.82, 2.24) is 15.0 Å². The van der Waals surface area contributed by atoms with E-state index in [9.17, 15) is 8.78 Å². The largest absolute Gasteiger partial charge is 0.469 e. The molecule has 1 aliphatic heterocycles. The number of rotatable bonds is 5. The minimum atomic E-state index is -2.55. The number of nitrogens with one attached hydrogen (secondary N) is 1. The zero-order valence-corrected chi connectivity index (χ0v) is 15.2. The molecule has 4 rings (SSSR count). The predicted molar refractivity (Wildman–Crippen MR) is 93.9 cm³/mol. The minimum absolute atomic E-state index is 0.0167. The van der Waals surface area contributed by atoms with Crippen LogP contribution in [-0.4, -0.2) is 46.2 Å². The van der Waals surface area contributed by atoms with Gasteiger partial charge in [0.1, 0.15) is 11.9 Å². The highest BCUT2D eigenvalue weighted by molar-refractivity contribution is 7.13. The van der Waals surface area contributed by atoms with Gasteiger partial charge >= 0.3 is 0 Å². The van der Waals surface area contributed by atoms with Gasteiger partial charge in [0.05, 0.1) is 13.2 Å². The Bertz CT molecular complexity index is 772. The van der Waals surface area contributed by atoms with Gasteiger partial charge in [-0.15, -0.1) is 11.3 Å². The van der Waals surface area contributed by atoms with Gasteiger partial charge in [0.2, 0.25) is 11.8 Å². The lowest BCUT2D eigenvalue weighted by molar-refractivity contribution is -0.0813. The molecule has 2 aromatic heterocycles. The molecule has 1 saturated carbocycles. The molecule has 26 heavy (non-hydrogen) atoms. The van der Waals surface area contributed by atoms with Crippen molar-refractivity contribution >= 4 is 17.2 Å². The summed E-state index contributed by atoms with van der Waals surface area (Å²) in [7, 11) is 0. The second-order valence-electron chi connectivity index (χ2n) is 6.76. The van der Waals surface area contributed by atoms with E-state index in [2.05, 4.69) is 20.3 Å². The standard InChI is InChI=1S/C17H20F2N4O2S/c1-10-9-26-16(20-10)15-22-13(6-14(23-15)25-12-7-24-8-12)21-11-2-4-17(18,19)5-3-11/h6,9,11-12H,2-5,7-8H2,1H3,(H,21,22,23). The van der Waals surface area contributed by atoms with Gasteiger partial charge in [-0.25, -0.2) is 18.7 Å². The number of hydrogen-bond donors (Lipinski definition) is 1. The van der Waals surface area contributed by atoms with Crippen LogP contribution in [0, 0.1) is 6.92 Å². The summed E-state index contributed by atoms with van der Waals surface area (Å²) in [6, 6.07) is 1.69. The molecule has 1 N–H and O–H groups in total. The number of aryl methyl sites for hydroxylation is 1. The Labute approximate surface area is 154 Å². The topological polar surface area (TPSA) is 69.2 Å². The van der Waals surface area contributed by atoms with E-state index < -0.39 is 5.92 Å². The molecule has 0 bridgehead atoms. The Kier molecular flexibility index (Phi) is 4.74. The monoisotopic (exact) mass is 382 g/mol. The third-order valence-corrected chi connectivity index (χ3v) is 5.43. The van der Waals surface area contributed by atoms with Crippen LogP contribution in [0.15, 0.2) is 11.4 Å². The number of aromatic nitrogens is 3. The van der Waals surface area contributed by atoms with E-state index in [1.165, 1.54) is 11.3 Å². The molecule has 0 atom stereocenters. The van der Waals surface area contributed by atoms with Gasteiger partial charge in [0.25, 0.3) is 0 Å². The quantitative estimate of drug-likeness (QED) is 0.851. The molecule has 2 fully saturated rings. The molecular formula is C17H20F2N4O2S. The second kappa shape index (κ2) is 7.03. The molecule has 0 spiro atoms. The van der Waals surface area contributed by atoms with Crippen molar-refractivity contribution < 1.29 is 18.3 Å². The Morgan fingerprint density at radius 2 is 2.00 bits per heavy atom. The summed E-state index contributed by atoms with van der Waals surface area (Å²) in [5, 5.41) is 5.90. The van der Waals surface area contributed by atoms with Crippen molar-refractivity contribution in [3.63, 3.8) is 0 Å². The lowest BCUT2D eigenvalue weighted by Gasteiger charge is -2.29. The molecule has 0 amide bonds. The van der Waals surface area contributed by atoms with Crippen LogP contribution >= 0.6 is 11.3 Å². The highest BCUT2D eigenvalue weighted by atomic mass is 32.1. The fraction of sp³-hybridized carbons (Fsp3) is 0.588. The molecule has 0 aromatic carbocycles. The van der Waals surface area contributed by atoms with Crippen LogP contribution < -0.4 is 10.1 Å². The van der Waals surface area contributed by atoms with Gasteiger partial charge < -0.3 is 14.8 Å². The van der Waals surface area contributed by atoms with Crippen LogP contribution in [0.4, 0.5) is 14.6 Å². The van der Waals surface area contributed by atoms with E-state index in [-0.39, 0.29) is 25.0 Å². The maximum Gasteiger partial charge on any atom is 0.248 e. The van der Waals surface area contributed by atoms with Gasteiger partial charge in [-0.05, 0) is 19.8 Å². The Morgan fingerprint density at radius 3 is 2.62 bits per heavy atom. The smallest absolute Gasteiger partial charge is 0.248 e. The zero-order valence-electron chi connectivity index (χ0n) is 14.4. The normalized spacial score (nSPS) is 20.6. The number of ether oxygens (including phenoxy) is 2. The first kappa shape index (κ1) is 17.5. The minimum Gasteiger partial charge on any atom is -0.469 e. The summed E-state index contributed by atoms with van der Waals surface area (Å²) in [6.07, 6.45) is 0.607. The van der Waals surface area contributed by atoms with Gasteiger partial charge in [-0.2, -0.15) is 4.98 Å². The van der Waals surface area contributed by atoms with Gasteiger partial charge in [0.15, 0.2) is 10.8 Å². The molecule has 6 nitrogen and oxygen atoms in total. The summed E-state index contributed by atoms with van der Waals surface area (Å²) in [6.45, 7) is 2.99. The van der Waals surface area contributed by atoms with Crippen molar-refractivity contribution in [3.05, 3.63) is 17.1 Å². The average Bonchev–Trinajstić information content (AvgIpc) is 3.00. The number of anilines is 1. The van der Waals surface area contributed by atoms with E-state index in [1.54, 1.807) is 6.07 Å². The van der Waals surface area contributed by atoms with Crippen molar-refractivity contribution in [1.29, 1.82) is 0 Å². The number of hydrogen-bond acceptors (Lipinski definition) is 7. The molecule has 0 radical (unpaired) electrons. The Morgan fingerprint density at radius 1 is 1.23 bits per heavy atom. The van der Waals surface area contributed by atoms with Crippen LogP contribution in [0.1, 0.15) is 31.4 Å². The first-order valence-electron chi connectivity index (χ1n) is 8.67. The molecule has 2 aromatic rings. The highest BCUT2D eigenvalue weighted by Crippen LogP contribution is 2.34. The van der Waals surface area contributed by atoms with Crippen LogP contribution in [-0.2, 0) is 4.74 Å². The number of alkyl halides is 2. The van der Waals surface area contributed by atoms with E-state index in [1.807, 2.05) is 12.3 Å². The number of thiazole rings is 1. The van der Waals surface area contributed by atoms with E-state index in [0.29, 0.717) is 48.6 Å². The lowest BCUT2D eigenvalue weighted by atomic mass is 9.92. The summed E-state index contributed by atoms with van der Waals surface area (Å²) < 4.78 is 37.7. The molecule has 9 heteroatoms. The molecule has 3 heterocycles. The Hall–Kier alpha value is -1.87. The molecule has 1 aliphatic carbocycles. The van der Waals surface area contributed by atoms with Crippen LogP contribution in [0.5, 0.6) is 5.88 Å². The average molecular weight is 382 g/mol.